The van der Waals surface area contributed by atoms with Gasteiger partial charge in [0.15, 0.2) is 0 Å². The van der Waals surface area contributed by atoms with Crippen LogP contribution in [-0.2, 0) is 10.0 Å². The fourth-order valence-electron chi connectivity index (χ4n) is 4.00. The summed E-state index contributed by atoms with van der Waals surface area (Å²) in [5, 5.41) is 14.5. The molecular formula is C23H23FN4O2S. The molecule has 1 saturated heterocycles. The lowest BCUT2D eigenvalue weighted by Gasteiger charge is -2.32. The number of nitrogens with one attached hydrogen (secondary N) is 1. The van der Waals surface area contributed by atoms with E-state index < -0.39 is 15.8 Å². The van der Waals surface area contributed by atoms with E-state index in [0.29, 0.717) is 37.1 Å². The molecule has 160 valence electrons. The van der Waals surface area contributed by atoms with Crippen LogP contribution in [0.1, 0.15) is 25.3 Å². The summed E-state index contributed by atoms with van der Waals surface area (Å²) in [6, 6.07) is 12.4. The molecule has 0 saturated carbocycles. The van der Waals surface area contributed by atoms with Crippen molar-refractivity contribution >= 4 is 26.5 Å². The molecule has 8 heteroatoms. The Labute approximate surface area is 181 Å². The molecule has 1 N–H and O–H groups in total. The van der Waals surface area contributed by atoms with Crippen LogP contribution in [0.5, 0.6) is 0 Å². The number of pyridine rings is 1. The van der Waals surface area contributed by atoms with Crippen LogP contribution in [0.2, 0.25) is 0 Å². The van der Waals surface area contributed by atoms with Crippen molar-refractivity contribution < 1.29 is 12.8 Å². The molecule has 6 nitrogen and oxygen atoms in total. The zero-order chi connectivity index (χ0) is 22.0. The van der Waals surface area contributed by atoms with E-state index >= 15 is 0 Å². The van der Waals surface area contributed by atoms with E-state index in [-0.39, 0.29) is 17.4 Å². The number of anilines is 1. The second-order valence-electron chi connectivity index (χ2n) is 7.62. The van der Waals surface area contributed by atoms with Crippen molar-refractivity contribution in [3.8, 4) is 17.2 Å². The maximum absolute atomic E-state index is 14.8. The van der Waals surface area contributed by atoms with Crippen molar-refractivity contribution in [3.05, 3.63) is 60.2 Å². The van der Waals surface area contributed by atoms with Gasteiger partial charge in [0.25, 0.3) is 0 Å². The number of nitriles is 1. The number of rotatable bonds is 5. The van der Waals surface area contributed by atoms with E-state index in [4.69, 9.17) is 0 Å². The first-order valence-corrected chi connectivity index (χ1v) is 11.8. The third kappa shape index (κ3) is 4.24. The highest BCUT2D eigenvalue weighted by Gasteiger charge is 2.27. The highest BCUT2D eigenvalue weighted by molar-refractivity contribution is 7.89. The second-order valence-corrected chi connectivity index (χ2v) is 9.88. The third-order valence-corrected chi connectivity index (χ3v) is 7.64. The molecule has 1 fully saturated rings. The van der Waals surface area contributed by atoms with Crippen LogP contribution >= 0.6 is 0 Å². The Bertz CT molecular complexity index is 1260. The van der Waals surface area contributed by atoms with Gasteiger partial charge in [-0.25, -0.2) is 17.1 Å². The number of fused-ring (bicyclic) bond motifs is 1. The Balaban J connectivity index is 1.67. The van der Waals surface area contributed by atoms with Crippen LogP contribution in [0, 0.1) is 17.1 Å². The van der Waals surface area contributed by atoms with Gasteiger partial charge in [0, 0.05) is 48.2 Å². The van der Waals surface area contributed by atoms with Gasteiger partial charge in [-0.15, -0.1) is 0 Å². The van der Waals surface area contributed by atoms with Crippen LogP contribution in [0.15, 0.2) is 48.8 Å². The highest BCUT2D eigenvalue weighted by atomic mass is 32.2. The lowest BCUT2D eigenvalue weighted by Crippen LogP contribution is -2.42. The lowest BCUT2D eigenvalue weighted by atomic mass is 9.97. The van der Waals surface area contributed by atoms with Crippen LogP contribution in [-0.4, -0.2) is 42.6 Å². The van der Waals surface area contributed by atoms with Crippen molar-refractivity contribution in [2.24, 2.45) is 0 Å². The summed E-state index contributed by atoms with van der Waals surface area (Å²) >= 11 is 0. The van der Waals surface area contributed by atoms with Crippen molar-refractivity contribution in [1.82, 2.24) is 9.29 Å². The summed E-state index contributed by atoms with van der Waals surface area (Å²) < 4.78 is 40.6. The van der Waals surface area contributed by atoms with E-state index in [1.165, 1.54) is 6.07 Å². The normalized spacial score (nSPS) is 15.6. The minimum atomic E-state index is -3.18. The van der Waals surface area contributed by atoms with Gasteiger partial charge < -0.3 is 5.32 Å². The van der Waals surface area contributed by atoms with Crippen LogP contribution in [0.4, 0.5) is 10.1 Å². The summed E-state index contributed by atoms with van der Waals surface area (Å²) in [4.78, 5) is 4.22. The summed E-state index contributed by atoms with van der Waals surface area (Å²) in [6.45, 7) is 2.61. The minimum Gasteiger partial charge on any atom is -0.382 e. The average Bonchev–Trinajstić information content (AvgIpc) is 2.79. The average molecular weight is 439 g/mol. The molecule has 2 heterocycles. The first-order chi connectivity index (χ1) is 14.9. The van der Waals surface area contributed by atoms with Crippen molar-refractivity contribution in [1.29, 1.82) is 5.26 Å². The number of sulfonamides is 1. The Morgan fingerprint density at radius 1 is 1.26 bits per heavy atom. The number of aromatic nitrogens is 1. The molecule has 1 aliphatic heterocycles. The smallest absolute Gasteiger partial charge is 0.213 e. The second kappa shape index (κ2) is 8.61. The van der Waals surface area contributed by atoms with E-state index in [1.807, 2.05) is 24.3 Å². The monoisotopic (exact) mass is 438 g/mol. The summed E-state index contributed by atoms with van der Waals surface area (Å²) in [5.74, 6) is -0.432. The van der Waals surface area contributed by atoms with Gasteiger partial charge in [-0.05, 0) is 55.0 Å². The number of piperidine rings is 1. The summed E-state index contributed by atoms with van der Waals surface area (Å²) in [5.41, 5.74) is 1.86. The Morgan fingerprint density at radius 3 is 2.74 bits per heavy atom. The van der Waals surface area contributed by atoms with Gasteiger partial charge in [0.2, 0.25) is 10.0 Å². The van der Waals surface area contributed by atoms with Crippen LogP contribution < -0.4 is 5.32 Å². The minimum absolute atomic E-state index is 0.00587. The molecule has 0 radical (unpaired) electrons. The van der Waals surface area contributed by atoms with Crippen molar-refractivity contribution in [2.45, 2.75) is 25.8 Å². The molecule has 1 aliphatic rings. The van der Waals surface area contributed by atoms with Gasteiger partial charge in [-0.3, -0.25) is 4.98 Å². The molecule has 0 atom stereocenters. The zero-order valence-electron chi connectivity index (χ0n) is 17.2. The van der Waals surface area contributed by atoms with Crippen LogP contribution in [0.3, 0.4) is 0 Å². The number of nitrogens with zero attached hydrogens (tertiary/aromatic N) is 3. The predicted molar refractivity (Wildman–Crippen MR) is 120 cm³/mol. The lowest BCUT2D eigenvalue weighted by molar-refractivity contribution is 0.330. The standard InChI is InChI=1S/C23H23FN4O2S/c1-2-31(29,30)28-10-7-19(8-11-28)27-22-13-18(12-16-6-9-26-15-21(16)22)20-5-3-4-17(14-25)23(20)24/h3-6,9,12-13,15,19,27H,2,7-8,10-11H2,1H3. The molecule has 0 bridgehead atoms. The molecule has 0 unspecified atom stereocenters. The molecule has 4 rings (SSSR count). The molecule has 1 aromatic heterocycles. The molecule has 31 heavy (non-hydrogen) atoms. The van der Waals surface area contributed by atoms with E-state index in [2.05, 4.69) is 10.3 Å². The maximum Gasteiger partial charge on any atom is 0.213 e. The Hall–Kier alpha value is -3.02. The Morgan fingerprint density at radius 2 is 2.03 bits per heavy atom. The van der Waals surface area contributed by atoms with Gasteiger partial charge in [-0.2, -0.15) is 5.26 Å². The number of halogens is 1. The number of hydrogen-bond acceptors (Lipinski definition) is 5. The quantitative estimate of drug-likeness (QED) is 0.647. The molecule has 0 spiro atoms. The van der Waals surface area contributed by atoms with Crippen LogP contribution in [0.25, 0.3) is 21.9 Å². The van der Waals surface area contributed by atoms with Gasteiger partial charge in [0.05, 0.1) is 11.3 Å². The fraction of sp³-hybridized carbons (Fsp3) is 0.304. The summed E-state index contributed by atoms with van der Waals surface area (Å²) in [7, 11) is -3.18. The number of hydrogen-bond donors (Lipinski definition) is 1. The SMILES string of the molecule is CCS(=O)(=O)N1CCC(Nc2cc(-c3cccc(C#N)c3F)cc3ccncc23)CC1. The first-order valence-electron chi connectivity index (χ1n) is 10.2. The van der Waals surface area contributed by atoms with E-state index in [9.17, 15) is 18.1 Å². The van der Waals surface area contributed by atoms with E-state index in [1.54, 1.807) is 35.8 Å². The molecular weight excluding hydrogens is 415 g/mol. The van der Waals surface area contributed by atoms with Gasteiger partial charge in [-0.1, -0.05) is 12.1 Å². The largest absolute Gasteiger partial charge is 0.382 e. The third-order valence-electron chi connectivity index (χ3n) is 5.76. The van der Waals surface area contributed by atoms with Crippen molar-refractivity contribution in [3.63, 3.8) is 0 Å². The highest BCUT2D eigenvalue weighted by Crippen LogP contribution is 2.34. The van der Waals surface area contributed by atoms with Gasteiger partial charge in [0.1, 0.15) is 11.9 Å². The number of benzene rings is 2. The van der Waals surface area contributed by atoms with Crippen molar-refractivity contribution in [2.75, 3.05) is 24.2 Å². The molecule has 0 aliphatic carbocycles. The summed E-state index contributed by atoms with van der Waals surface area (Å²) in [6.07, 6.45) is 4.82. The maximum atomic E-state index is 14.8. The zero-order valence-corrected chi connectivity index (χ0v) is 18.0. The molecule has 2 aromatic carbocycles. The topological polar surface area (TPSA) is 86.1 Å². The first kappa shape index (κ1) is 21.2. The predicted octanol–water partition coefficient (Wildman–Crippen LogP) is 4.14. The Kier molecular flexibility index (Phi) is 5.90. The fourth-order valence-corrected chi connectivity index (χ4v) is 5.13. The van der Waals surface area contributed by atoms with Gasteiger partial charge >= 0.3 is 0 Å². The van der Waals surface area contributed by atoms with E-state index in [0.717, 1.165) is 16.5 Å². The molecule has 0 amide bonds. The molecule has 3 aromatic rings.